The van der Waals surface area contributed by atoms with Gasteiger partial charge in [0.1, 0.15) is 5.82 Å². The van der Waals surface area contributed by atoms with Crippen LogP contribution in [0.2, 0.25) is 0 Å². The number of carbonyl (C=O) groups is 1. The highest BCUT2D eigenvalue weighted by Crippen LogP contribution is 2.29. The fourth-order valence-electron chi connectivity index (χ4n) is 2.08. The van der Waals surface area contributed by atoms with E-state index in [1.807, 2.05) is 29.8 Å². The third-order valence-electron chi connectivity index (χ3n) is 3.00. The molecule has 0 bridgehead atoms. The summed E-state index contributed by atoms with van der Waals surface area (Å²) in [5.41, 5.74) is 0.893. The van der Waals surface area contributed by atoms with Crippen molar-refractivity contribution in [2.45, 2.75) is 18.0 Å². The zero-order valence-corrected chi connectivity index (χ0v) is 12.1. The van der Waals surface area contributed by atoms with E-state index < -0.39 is 0 Å². The van der Waals surface area contributed by atoms with E-state index in [1.165, 1.54) is 11.8 Å². The molecule has 6 heteroatoms. The van der Waals surface area contributed by atoms with Crippen molar-refractivity contribution >= 4 is 34.8 Å². The SMILES string of the molecule is CSc1nc(-c2cccs2)cc(N2CCCC2=O)n1. The van der Waals surface area contributed by atoms with Gasteiger partial charge in [-0.05, 0) is 24.1 Å². The van der Waals surface area contributed by atoms with E-state index in [1.54, 1.807) is 16.2 Å². The van der Waals surface area contributed by atoms with Crippen molar-refractivity contribution in [3.05, 3.63) is 23.6 Å². The van der Waals surface area contributed by atoms with E-state index in [-0.39, 0.29) is 5.91 Å². The Labute approximate surface area is 119 Å². The molecule has 98 valence electrons. The first kappa shape index (κ1) is 12.6. The molecule has 0 atom stereocenters. The van der Waals surface area contributed by atoms with Crippen LogP contribution in [0.1, 0.15) is 12.8 Å². The van der Waals surface area contributed by atoms with Crippen LogP contribution in [-0.2, 0) is 4.79 Å². The lowest BCUT2D eigenvalue weighted by molar-refractivity contribution is -0.117. The standard InChI is InChI=1S/C13H13N3OS2/c1-18-13-14-9(10-4-3-7-19-10)8-11(15-13)16-6-2-5-12(16)17/h3-4,7-8H,2,5-6H2,1H3. The highest BCUT2D eigenvalue weighted by molar-refractivity contribution is 7.98. The Hall–Kier alpha value is -1.40. The van der Waals surface area contributed by atoms with Crippen molar-refractivity contribution in [3.63, 3.8) is 0 Å². The second-order valence-corrected chi connectivity index (χ2v) is 5.95. The second-order valence-electron chi connectivity index (χ2n) is 4.22. The summed E-state index contributed by atoms with van der Waals surface area (Å²) < 4.78 is 0. The van der Waals surface area contributed by atoms with E-state index in [0.29, 0.717) is 11.6 Å². The maximum Gasteiger partial charge on any atom is 0.228 e. The number of nitrogens with zero attached hydrogens (tertiary/aromatic N) is 3. The maximum absolute atomic E-state index is 11.8. The third-order valence-corrected chi connectivity index (χ3v) is 4.44. The Bertz CT molecular complexity index is 598. The van der Waals surface area contributed by atoms with Gasteiger partial charge in [-0.2, -0.15) is 0 Å². The van der Waals surface area contributed by atoms with Crippen LogP contribution in [0.5, 0.6) is 0 Å². The molecule has 0 aromatic carbocycles. The van der Waals surface area contributed by atoms with Gasteiger partial charge in [0.25, 0.3) is 0 Å². The first-order valence-electron chi connectivity index (χ1n) is 6.05. The summed E-state index contributed by atoms with van der Waals surface area (Å²) in [6.07, 6.45) is 3.47. The molecular formula is C13H13N3OS2. The molecule has 1 aliphatic heterocycles. The normalized spacial score (nSPS) is 15.2. The molecule has 2 aromatic rings. The fraction of sp³-hybridized carbons (Fsp3) is 0.308. The summed E-state index contributed by atoms with van der Waals surface area (Å²) in [6, 6.07) is 5.95. The number of hydrogen-bond donors (Lipinski definition) is 0. The minimum atomic E-state index is 0.155. The number of hydrogen-bond acceptors (Lipinski definition) is 5. The van der Waals surface area contributed by atoms with Crippen LogP contribution in [0.4, 0.5) is 5.82 Å². The molecule has 1 amide bonds. The number of thiophene rings is 1. The Morgan fingerprint density at radius 3 is 2.95 bits per heavy atom. The van der Waals surface area contributed by atoms with Gasteiger partial charge in [-0.15, -0.1) is 11.3 Å². The molecule has 1 aliphatic rings. The topological polar surface area (TPSA) is 46.1 Å². The van der Waals surface area contributed by atoms with E-state index >= 15 is 0 Å². The van der Waals surface area contributed by atoms with Gasteiger partial charge in [0.2, 0.25) is 5.91 Å². The molecule has 0 N–H and O–H groups in total. The molecule has 4 nitrogen and oxygen atoms in total. The van der Waals surface area contributed by atoms with Gasteiger partial charge in [-0.1, -0.05) is 17.8 Å². The van der Waals surface area contributed by atoms with Crippen LogP contribution in [0.25, 0.3) is 10.6 Å². The fourth-order valence-corrected chi connectivity index (χ4v) is 3.14. The average Bonchev–Trinajstić information content (AvgIpc) is 3.09. The first-order chi connectivity index (χ1) is 9.28. The van der Waals surface area contributed by atoms with Crippen LogP contribution >= 0.6 is 23.1 Å². The van der Waals surface area contributed by atoms with Gasteiger partial charge < -0.3 is 0 Å². The van der Waals surface area contributed by atoms with Gasteiger partial charge in [-0.3, -0.25) is 9.69 Å². The highest BCUT2D eigenvalue weighted by atomic mass is 32.2. The lowest BCUT2D eigenvalue weighted by Gasteiger charge is -2.15. The summed E-state index contributed by atoms with van der Waals surface area (Å²) >= 11 is 3.14. The zero-order valence-electron chi connectivity index (χ0n) is 10.5. The lowest BCUT2D eigenvalue weighted by Crippen LogP contribution is -2.25. The first-order valence-corrected chi connectivity index (χ1v) is 8.15. The predicted octanol–water partition coefficient (Wildman–Crippen LogP) is 3.05. The summed E-state index contributed by atoms with van der Waals surface area (Å²) in [5.74, 6) is 0.883. The molecule has 1 fully saturated rings. The monoisotopic (exact) mass is 291 g/mol. The summed E-state index contributed by atoms with van der Waals surface area (Å²) in [7, 11) is 0. The van der Waals surface area contributed by atoms with Gasteiger partial charge in [0.15, 0.2) is 5.16 Å². The van der Waals surface area contributed by atoms with Crippen molar-refractivity contribution < 1.29 is 4.79 Å². The van der Waals surface area contributed by atoms with Gasteiger partial charge in [-0.25, -0.2) is 9.97 Å². The molecular weight excluding hydrogens is 278 g/mol. The third kappa shape index (κ3) is 2.50. The van der Waals surface area contributed by atoms with Gasteiger partial charge >= 0.3 is 0 Å². The number of thioether (sulfide) groups is 1. The number of amides is 1. The molecule has 0 radical (unpaired) electrons. The second kappa shape index (κ2) is 5.30. The Morgan fingerprint density at radius 2 is 2.32 bits per heavy atom. The van der Waals surface area contributed by atoms with Crippen molar-refractivity contribution in [2.75, 3.05) is 17.7 Å². The maximum atomic E-state index is 11.8. The van der Waals surface area contributed by atoms with E-state index in [0.717, 1.165) is 29.4 Å². The molecule has 3 rings (SSSR count). The largest absolute Gasteiger partial charge is 0.297 e. The zero-order chi connectivity index (χ0) is 13.2. The minimum absolute atomic E-state index is 0.155. The number of carbonyl (C=O) groups excluding carboxylic acids is 1. The molecule has 0 spiro atoms. The lowest BCUT2D eigenvalue weighted by atomic mass is 10.3. The number of aromatic nitrogens is 2. The minimum Gasteiger partial charge on any atom is -0.297 e. The van der Waals surface area contributed by atoms with Crippen LogP contribution in [-0.4, -0.2) is 28.7 Å². The molecule has 0 saturated carbocycles. The smallest absolute Gasteiger partial charge is 0.228 e. The van der Waals surface area contributed by atoms with E-state index in [9.17, 15) is 4.79 Å². The van der Waals surface area contributed by atoms with E-state index in [4.69, 9.17) is 0 Å². The molecule has 0 unspecified atom stereocenters. The van der Waals surface area contributed by atoms with Gasteiger partial charge in [0, 0.05) is 19.0 Å². The molecule has 2 aromatic heterocycles. The number of anilines is 1. The molecule has 3 heterocycles. The summed E-state index contributed by atoms with van der Waals surface area (Å²) in [6.45, 7) is 0.757. The van der Waals surface area contributed by atoms with Crippen LogP contribution in [0, 0.1) is 0 Å². The van der Waals surface area contributed by atoms with Crippen molar-refractivity contribution in [1.29, 1.82) is 0 Å². The van der Waals surface area contributed by atoms with Crippen molar-refractivity contribution in [1.82, 2.24) is 9.97 Å². The molecule has 19 heavy (non-hydrogen) atoms. The highest BCUT2D eigenvalue weighted by Gasteiger charge is 2.24. The van der Waals surface area contributed by atoms with Crippen LogP contribution in [0.3, 0.4) is 0 Å². The molecule has 0 aliphatic carbocycles. The summed E-state index contributed by atoms with van der Waals surface area (Å²) in [5, 5.41) is 2.73. The van der Waals surface area contributed by atoms with E-state index in [2.05, 4.69) is 9.97 Å². The van der Waals surface area contributed by atoms with Crippen molar-refractivity contribution in [3.8, 4) is 10.6 Å². The van der Waals surface area contributed by atoms with Crippen LogP contribution in [0.15, 0.2) is 28.7 Å². The number of rotatable bonds is 3. The average molecular weight is 291 g/mol. The van der Waals surface area contributed by atoms with Crippen LogP contribution < -0.4 is 4.90 Å². The molecule has 1 saturated heterocycles. The van der Waals surface area contributed by atoms with Gasteiger partial charge in [0.05, 0.1) is 10.6 Å². The van der Waals surface area contributed by atoms with Crippen molar-refractivity contribution in [2.24, 2.45) is 0 Å². The predicted molar refractivity (Wildman–Crippen MR) is 78.7 cm³/mol. The Balaban J connectivity index is 2.05. The summed E-state index contributed by atoms with van der Waals surface area (Å²) in [4.78, 5) is 23.7. The Kier molecular flexibility index (Phi) is 3.52. The Morgan fingerprint density at radius 1 is 1.42 bits per heavy atom. The quantitative estimate of drug-likeness (QED) is 0.644.